The van der Waals surface area contributed by atoms with Crippen molar-refractivity contribution in [1.29, 1.82) is 0 Å². The van der Waals surface area contributed by atoms with Crippen LogP contribution in [-0.2, 0) is 4.74 Å². The Morgan fingerprint density at radius 1 is 0.750 bits per heavy atom. The van der Waals surface area contributed by atoms with Crippen LogP contribution in [0, 0.1) is 0 Å². The number of anilines is 1. The van der Waals surface area contributed by atoms with Crippen molar-refractivity contribution in [2.24, 2.45) is 0 Å². The van der Waals surface area contributed by atoms with Crippen LogP contribution in [-0.4, -0.2) is 60.9 Å². The minimum Gasteiger partial charge on any atom is -0.454 e. The van der Waals surface area contributed by atoms with Gasteiger partial charge in [-0.3, -0.25) is 19.6 Å². The Hall–Kier alpha value is -4.41. The van der Waals surface area contributed by atoms with E-state index in [0.717, 1.165) is 5.56 Å². The zero-order valence-corrected chi connectivity index (χ0v) is 19.2. The lowest BCUT2D eigenvalue weighted by molar-refractivity contribution is 0.0303. The van der Waals surface area contributed by atoms with Gasteiger partial charge in [0.1, 0.15) is 0 Å². The third-order valence-corrected chi connectivity index (χ3v) is 5.95. The summed E-state index contributed by atoms with van der Waals surface area (Å²) in [5.41, 5.74) is 4.49. The van der Waals surface area contributed by atoms with Crippen LogP contribution < -0.4 is 20.3 Å². The van der Waals surface area contributed by atoms with Crippen LogP contribution in [0.2, 0.25) is 0 Å². The molecule has 0 atom stereocenters. The molecule has 0 saturated carbocycles. The van der Waals surface area contributed by atoms with Gasteiger partial charge in [0.25, 0.3) is 17.7 Å². The van der Waals surface area contributed by atoms with E-state index in [4.69, 9.17) is 19.4 Å². The van der Waals surface area contributed by atoms with Crippen molar-refractivity contribution in [3.05, 3.63) is 77.4 Å². The van der Waals surface area contributed by atoms with Crippen molar-refractivity contribution >= 4 is 23.4 Å². The van der Waals surface area contributed by atoms with Gasteiger partial charge >= 0.3 is 0 Å². The molecular formula is C26H23N3O7. The van der Waals surface area contributed by atoms with E-state index in [2.05, 4.69) is 5.32 Å². The van der Waals surface area contributed by atoms with E-state index >= 15 is 0 Å². The number of fused-ring (bicyclic) bond motifs is 1. The predicted octanol–water partition coefficient (Wildman–Crippen LogP) is 2.93. The van der Waals surface area contributed by atoms with Gasteiger partial charge in [-0.25, -0.2) is 5.48 Å². The zero-order chi connectivity index (χ0) is 25.1. The minimum atomic E-state index is -0.630. The molecule has 5 rings (SSSR count). The lowest BCUT2D eigenvalue weighted by atomic mass is 9.99. The number of morpholine rings is 1. The third kappa shape index (κ3) is 4.85. The Labute approximate surface area is 206 Å². The molecule has 0 radical (unpaired) electrons. The molecule has 0 aromatic heterocycles. The van der Waals surface area contributed by atoms with Gasteiger partial charge in [0, 0.05) is 35.5 Å². The van der Waals surface area contributed by atoms with Crippen molar-refractivity contribution in [2.45, 2.75) is 0 Å². The number of hydroxylamine groups is 1. The fourth-order valence-electron chi connectivity index (χ4n) is 4.06. The Kier molecular flexibility index (Phi) is 6.52. The van der Waals surface area contributed by atoms with Gasteiger partial charge in [0.15, 0.2) is 11.5 Å². The van der Waals surface area contributed by atoms with Crippen LogP contribution >= 0.6 is 0 Å². The first kappa shape index (κ1) is 23.3. The van der Waals surface area contributed by atoms with Crippen LogP contribution in [0.25, 0.3) is 11.1 Å². The van der Waals surface area contributed by atoms with E-state index in [1.54, 1.807) is 71.0 Å². The molecule has 2 aliphatic heterocycles. The Balaban J connectivity index is 1.47. The largest absolute Gasteiger partial charge is 0.454 e. The number of hydrogen-bond acceptors (Lipinski definition) is 7. The molecule has 0 unspecified atom stereocenters. The van der Waals surface area contributed by atoms with Gasteiger partial charge in [0.2, 0.25) is 6.79 Å². The summed E-state index contributed by atoms with van der Waals surface area (Å²) in [6, 6.07) is 16.6. The van der Waals surface area contributed by atoms with Crippen molar-refractivity contribution in [3.63, 3.8) is 0 Å². The van der Waals surface area contributed by atoms with E-state index in [9.17, 15) is 14.4 Å². The third-order valence-electron chi connectivity index (χ3n) is 5.95. The molecule has 10 heteroatoms. The van der Waals surface area contributed by atoms with Crippen LogP contribution in [0.1, 0.15) is 31.1 Å². The molecule has 1 fully saturated rings. The Bertz CT molecular complexity index is 1320. The topological polar surface area (TPSA) is 126 Å². The number of nitrogens with zero attached hydrogens (tertiary/aromatic N) is 1. The molecule has 10 nitrogen and oxygen atoms in total. The highest BCUT2D eigenvalue weighted by molar-refractivity contribution is 6.06. The van der Waals surface area contributed by atoms with Gasteiger partial charge < -0.3 is 24.4 Å². The molecule has 3 aromatic rings. The first-order valence-corrected chi connectivity index (χ1v) is 11.3. The number of benzene rings is 3. The molecular weight excluding hydrogens is 466 g/mol. The molecule has 3 N–H and O–H groups in total. The van der Waals surface area contributed by atoms with Crippen molar-refractivity contribution in [2.75, 3.05) is 38.4 Å². The average Bonchev–Trinajstić information content (AvgIpc) is 3.40. The summed E-state index contributed by atoms with van der Waals surface area (Å²) in [4.78, 5) is 39.6. The first-order valence-electron chi connectivity index (χ1n) is 11.3. The van der Waals surface area contributed by atoms with Gasteiger partial charge in [-0.15, -0.1) is 0 Å². The van der Waals surface area contributed by atoms with Crippen LogP contribution in [0.15, 0.2) is 60.7 Å². The summed E-state index contributed by atoms with van der Waals surface area (Å²) >= 11 is 0. The van der Waals surface area contributed by atoms with E-state index in [-0.39, 0.29) is 24.2 Å². The van der Waals surface area contributed by atoms with Gasteiger partial charge in [-0.2, -0.15) is 0 Å². The molecule has 2 aliphatic rings. The minimum absolute atomic E-state index is 0.105. The molecule has 0 aliphatic carbocycles. The van der Waals surface area contributed by atoms with E-state index in [0.29, 0.717) is 60.2 Å². The molecule has 3 amide bonds. The number of nitrogens with one attached hydrogen (secondary N) is 2. The molecule has 36 heavy (non-hydrogen) atoms. The first-order chi connectivity index (χ1) is 17.5. The summed E-state index contributed by atoms with van der Waals surface area (Å²) in [6.07, 6.45) is 0. The number of hydrogen-bond donors (Lipinski definition) is 3. The van der Waals surface area contributed by atoms with Gasteiger partial charge in [0.05, 0.1) is 13.2 Å². The molecule has 0 bridgehead atoms. The normalized spacial score (nSPS) is 14.3. The van der Waals surface area contributed by atoms with E-state index in [1.165, 1.54) is 0 Å². The standard InChI is InChI=1S/C26H23N3O7/c30-24(18-5-6-22-23(14-18)36-15-35-22)27-21-12-19(16-1-3-17(4-2-16)25(31)28-33)11-20(13-21)26(32)29-7-9-34-10-8-29/h1-6,11-14,33H,7-10,15H2,(H,27,30)(H,28,31). The van der Waals surface area contributed by atoms with Gasteiger partial charge in [-0.05, 0) is 59.7 Å². The lowest BCUT2D eigenvalue weighted by Gasteiger charge is -2.27. The maximum atomic E-state index is 13.2. The second kappa shape index (κ2) is 10.1. The zero-order valence-electron chi connectivity index (χ0n) is 19.2. The molecule has 184 valence electrons. The number of amides is 3. The summed E-state index contributed by atoms with van der Waals surface area (Å²) in [6.45, 7) is 2.00. The maximum absolute atomic E-state index is 13.2. The summed E-state index contributed by atoms with van der Waals surface area (Å²) in [5.74, 6) is -0.105. The fraction of sp³-hybridized carbons (Fsp3) is 0.192. The monoisotopic (exact) mass is 489 g/mol. The molecule has 0 spiro atoms. The Morgan fingerprint density at radius 2 is 1.47 bits per heavy atom. The van der Waals surface area contributed by atoms with E-state index < -0.39 is 5.91 Å². The van der Waals surface area contributed by atoms with E-state index in [1.807, 2.05) is 0 Å². The summed E-state index contributed by atoms with van der Waals surface area (Å²) in [7, 11) is 0. The second-order valence-electron chi connectivity index (χ2n) is 8.24. The smallest absolute Gasteiger partial charge is 0.274 e. The van der Waals surface area contributed by atoms with Crippen LogP contribution in [0.3, 0.4) is 0 Å². The molecule has 1 saturated heterocycles. The number of carbonyl (C=O) groups excluding carboxylic acids is 3. The quantitative estimate of drug-likeness (QED) is 0.372. The highest BCUT2D eigenvalue weighted by Gasteiger charge is 2.21. The summed E-state index contributed by atoms with van der Waals surface area (Å²) in [5, 5.41) is 11.7. The van der Waals surface area contributed by atoms with Crippen molar-refractivity contribution in [1.82, 2.24) is 10.4 Å². The van der Waals surface area contributed by atoms with Crippen molar-refractivity contribution < 1.29 is 33.8 Å². The fourth-order valence-corrected chi connectivity index (χ4v) is 4.06. The second-order valence-corrected chi connectivity index (χ2v) is 8.24. The Morgan fingerprint density at radius 3 is 2.22 bits per heavy atom. The van der Waals surface area contributed by atoms with Crippen LogP contribution in [0.4, 0.5) is 5.69 Å². The molecule has 2 heterocycles. The average molecular weight is 489 g/mol. The van der Waals surface area contributed by atoms with Gasteiger partial charge in [-0.1, -0.05) is 12.1 Å². The van der Waals surface area contributed by atoms with Crippen molar-refractivity contribution in [3.8, 4) is 22.6 Å². The predicted molar refractivity (Wildman–Crippen MR) is 128 cm³/mol. The SMILES string of the molecule is O=C(NO)c1ccc(-c2cc(NC(=O)c3ccc4c(c3)OCO4)cc(C(=O)N3CCOCC3)c2)cc1. The molecule has 3 aromatic carbocycles. The lowest BCUT2D eigenvalue weighted by Crippen LogP contribution is -2.40. The number of rotatable bonds is 5. The summed E-state index contributed by atoms with van der Waals surface area (Å²) < 4.78 is 16.0. The number of carbonyl (C=O) groups is 3. The highest BCUT2D eigenvalue weighted by Crippen LogP contribution is 2.33. The maximum Gasteiger partial charge on any atom is 0.274 e. The highest BCUT2D eigenvalue weighted by atomic mass is 16.7. The number of ether oxygens (including phenoxy) is 3. The van der Waals surface area contributed by atoms with Crippen LogP contribution in [0.5, 0.6) is 11.5 Å².